The summed E-state index contributed by atoms with van der Waals surface area (Å²) in [5.74, 6) is -0.925. The minimum atomic E-state index is -1.25. The van der Waals surface area contributed by atoms with E-state index in [9.17, 15) is 19.5 Å². The maximum Gasteiger partial charge on any atom is 0.408 e. The molecular formula is C23H37N3O5. The second kappa shape index (κ2) is 10.6. The second-order valence-corrected chi connectivity index (χ2v) is 9.56. The van der Waals surface area contributed by atoms with Crippen LogP contribution < -0.4 is 10.6 Å². The predicted molar refractivity (Wildman–Crippen MR) is 119 cm³/mol. The van der Waals surface area contributed by atoms with Gasteiger partial charge >= 0.3 is 6.09 Å². The van der Waals surface area contributed by atoms with Crippen molar-refractivity contribution in [1.82, 2.24) is 15.5 Å². The summed E-state index contributed by atoms with van der Waals surface area (Å²) in [4.78, 5) is 40.0. The normalized spacial score (nSPS) is 13.7. The number of nitrogens with one attached hydrogen (secondary N) is 2. The highest BCUT2D eigenvalue weighted by atomic mass is 16.6. The Morgan fingerprint density at radius 3 is 2.03 bits per heavy atom. The van der Waals surface area contributed by atoms with Gasteiger partial charge in [0, 0.05) is 12.1 Å². The van der Waals surface area contributed by atoms with Crippen LogP contribution >= 0.6 is 0 Å². The zero-order valence-electron chi connectivity index (χ0n) is 19.9. The van der Waals surface area contributed by atoms with Crippen LogP contribution in [0.1, 0.15) is 65.6 Å². The Balaban J connectivity index is 3.25. The minimum Gasteiger partial charge on any atom is -0.444 e. The van der Waals surface area contributed by atoms with Gasteiger partial charge in [-0.1, -0.05) is 29.8 Å². The van der Waals surface area contributed by atoms with Crippen LogP contribution in [0, 0.1) is 6.92 Å². The molecule has 8 heteroatoms. The first-order valence-corrected chi connectivity index (χ1v) is 10.5. The van der Waals surface area contributed by atoms with Crippen molar-refractivity contribution in [1.29, 1.82) is 0 Å². The molecule has 174 valence electrons. The number of hydrogen-bond acceptors (Lipinski definition) is 5. The van der Waals surface area contributed by atoms with Crippen molar-refractivity contribution in [2.45, 2.75) is 78.6 Å². The fourth-order valence-corrected chi connectivity index (χ4v) is 2.96. The Bertz CT molecular complexity index is 763. The molecule has 0 radical (unpaired) electrons. The maximum absolute atomic E-state index is 13.3. The molecule has 1 aromatic rings. The van der Waals surface area contributed by atoms with Gasteiger partial charge in [-0.2, -0.15) is 0 Å². The van der Waals surface area contributed by atoms with Crippen LogP contribution in [0.5, 0.6) is 0 Å². The quantitative estimate of drug-likeness (QED) is 0.610. The SMILES string of the molecule is CCN(C(=O)C(CO)NC(=O)OC(C)(C)C)C(C(=O)NC(C)(C)C)c1ccc(C)cc1. The Morgan fingerprint density at radius 1 is 1.06 bits per heavy atom. The van der Waals surface area contributed by atoms with Crippen molar-refractivity contribution >= 4 is 17.9 Å². The van der Waals surface area contributed by atoms with Crippen LogP contribution in [-0.2, 0) is 14.3 Å². The molecular weight excluding hydrogens is 398 g/mol. The molecule has 0 spiro atoms. The minimum absolute atomic E-state index is 0.196. The van der Waals surface area contributed by atoms with Crippen molar-refractivity contribution < 1.29 is 24.2 Å². The number of aliphatic hydroxyl groups is 1. The van der Waals surface area contributed by atoms with E-state index in [2.05, 4.69) is 10.6 Å². The Morgan fingerprint density at radius 2 is 1.61 bits per heavy atom. The van der Waals surface area contributed by atoms with E-state index in [-0.39, 0.29) is 12.5 Å². The number of carbonyl (C=O) groups excluding carboxylic acids is 3. The van der Waals surface area contributed by atoms with E-state index in [0.29, 0.717) is 5.56 Å². The summed E-state index contributed by atoms with van der Waals surface area (Å²) in [5, 5.41) is 15.1. The van der Waals surface area contributed by atoms with Crippen LogP contribution in [0.4, 0.5) is 4.79 Å². The molecule has 8 nitrogen and oxygen atoms in total. The van der Waals surface area contributed by atoms with Gasteiger partial charge in [0.05, 0.1) is 6.61 Å². The molecule has 1 rings (SSSR count). The van der Waals surface area contributed by atoms with Crippen LogP contribution in [0.25, 0.3) is 0 Å². The number of nitrogens with zero attached hydrogens (tertiary/aromatic N) is 1. The van der Waals surface area contributed by atoms with Crippen LogP contribution in [0.3, 0.4) is 0 Å². The third-order valence-electron chi connectivity index (χ3n) is 4.25. The Hall–Kier alpha value is -2.61. The molecule has 0 saturated heterocycles. The molecule has 0 aliphatic rings. The number of ether oxygens (including phenoxy) is 1. The van der Waals surface area contributed by atoms with E-state index in [1.807, 2.05) is 39.8 Å². The number of rotatable bonds is 7. The van der Waals surface area contributed by atoms with Gasteiger partial charge in [0.25, 0.3) is 0 Å². The largest absolute Gasteiger partial charge is 0.444 e. The van der Waals surface area contributed by atoms with Crippen molar-refractivity contribution in [3.8, 4) is 0 Å². The average molecular weight is 436 g/mol. The van der Waals surface area contributed by atoms with Gasteiger partial charge in [0.15, 0.2) is 0 Å². The summed E-state index contributed by atoms with van der Waals surface area (Å²) in [6, 6.07) is 5.17. The molecule has 0 aliphatic carbocycles. The van der Waals surface area contributed by atoms with Gasteiger partial charge < -0.3 is 25.4 Å². The zero-order valence-corrected chi connectivity index (χ0v) is 19.9. The number of aryl methyl sites for hydroxylation is 1. The molecule has 2 atom stereocenters. The summed E-state index contributed by atoms with van der Waals surface area (Å²) in [5.41, 5.74) is 0.395. The lowest BCUT2D eigenvalue weighted by molar-refractivity contribution is -0.143. The van der Waals surface area contributed by atoms with Crippen molar-refractivity contribution in [3.05, 3.63) is 35.4 Å². The molecule has 3 amide bonds. The van der Waals surface area contributed by atoms with Gasteiger partial charge in [0.2, 0.25) is 11.8 Å². The first kappa shape index (κ1) is 26.4. The second-order valence-electron chi connectivity index (χ2n) is 9.56. The molecule has 0 bridgehead atoms. The highest BCUT2D eigenvalue weighted by Crippen LogP contribution is 2.24. The zero-order chi connectivity index (χ0) is 24.0. The highest BCUT2D eigenvalue weighted by molar-refractivity contribution is 5.92. The van der Waals surface area contributed by atoms with Gasteiger partial charge in [-0.25, -0.2) is 4.79 Å². The Kier molecular flexibility index (Phi) is 9.05. The lowest BCUT2D eigenvalue weighted by Gasteiger charge is -2.35. The molecule has 3 N–H and O–H groups in total. The fourth-order valence-electron chi connectivity index (χ4n) is 2.96. The average Bonchev–Trinajstić information content (AvgIpc) is 2.61. The number of carbonyl (C=O) groups is 3. The third kappa shape index (κ3) is 8.57. The van der Waals surface area contributed by atoms with Crippen molar-refractivity contribution in [2.75, 3.05) is 13.2 Å². The lowest BCUT2D eigenvalue weighted by atomic mass is 10.00. The lowest BCUT2D eigenvalue weighted by Crippen LogP contribution is -2.55. The van der Waals surface area contributed by atoms with Gasteiger partial charge in [-0.3, -0.25) is 9.59 Å². The van der Waals surface area contributed by atoms with Crippen LogP contribution in [0.2, 0.25) is 0 Å². The molecule has 2 unspecified atom stereocenters. The van der Waals surface area contributed by atoms with E-state index in [1.165, 1.54) is 4.90 Å². The smallest absolute Gasteiger partial charge is 0.408 e. The molecule has 0 heterocycles. The van der Waals surface area contributed by atoms with E-state index in [4.69, 9.17) is 4.74 Å². The number of alkyl carbamates (subject to hydrolysis) is 1. The molecule has 0 aromatic heterocycles. The summed E-state index contributed by atoms with van der Waals surface area (Å²) in [6.07, 6.45) is -0.818. The van der Waals surface area contributed by atoms with E-state index < -0.39 is 41.8 Å². The number of hydrogen-bond donors (Lipinski definition) is 3. The fraction of sp³-hybridized carbons (Fsp3) is 0.609. The number of amides is 3. The van der Waals surface area contributed by atoms with E-state index in [1.54, 1.807) is 39.8 Å². The van der Waals surface area contributed by atoms with Gasteiger partial charge in [-0.15, -0.1) is 0 Å². The molecule has 1 aromatic carbocycles. The third-order valence-corrected chi connectivity index (χ3v) is 4.25. The molecule has 0 saturated carbocycles. The van der Waals surface area contributed by atoms with Gasteiger partial charge in [-0.05, 0) is 61.0 Å². The number of aliphatic hydroxyl groups excluding tert-OH is 1. The molecule has 31 heavy (non-hydrogen) atoms. The van der Waals surface area contributed by atoms with E-state index in [0.717, 1.165) is 5.56 Å². The van der Waals surface area contributed by atoms with Crippen molar-refractivity contribution in [3.63, 3.8) is 0 Å². The number of likely N-dealkylation sites (N-methyl/N-ethyl adjacent to an activating group) is 1. The Labute approximate surface area is 185 Å². The molecule has 0 fully saturated rings. The summed E-state index contributed by atoms with van der Waals surface area (Å²) in [7, 11) is 0. The van der Waals surface area contributed by atoms with E-state index >= 15 is 0 Å². The highest BCUT2D eigenvalue weighted by Gasteiger charge is 2.36. The number of benzene rings is 1. The monoisotopic (exact) mass is 435 g/mol. The summed E-state index contributed by atoms with van der Waals surface area (Å²) in [6.45, 7) is 13.9. The first-order chi connectivity index (χ1) is 14.2. The topological polar surface area (TPSA) is 108 Å². The maximum atomic E-state index is 13.3. The summed E-state index contributed by atoms with van der Waals surface area (Å²) < 4.78 is 5.19. The van der Waals surface area contributed by atoms with Crippen molar-refractivity contribution in [2.24, 2.45) is 0 Å². The standard InChI is InChI=1S/C23H37N3O5/c1-9-26(20(29)17(14-27)24-21(30)31-23(6,7)8)18(19(28)25-22(3,4)5)16-12-10-15(2)11-13-16/h10-13,17-18,27H,9,14H2,1-8H3,(H,24,30)(H,25,28). The van der Waals surface area contributed by atoms with Gasteiger partial charge in [0.1, 0.15) is 17.7 Å². The summed E-state index contributed by atoms with van der Waals surface area (Å²) >= 11 is 0. The first-order valence-electron chi connectivity index (χ1n) is 10.5. The predicted octanol–water partition coefficient (Wildman–Crippen LogP) is 2.68. The van der Waals surface area contributed by atoms with Crippen LogP contribution in [0.15, 0.2) is 24.3 Å². The van der Waals surface area contributed by atoms with Crippen LogP contribution in [-0.4, -0.2) is 58.2 Å². The molecule has 0 aliphatic heterocycles.